The van der Waals surface area contributed by atoms with Gasteiger partial charge in [-0.1, -0.05) is 6.07 Å². The number of hydrogen-bond acceptors (Lipinski definition) is 4. The summed E-state index contributed by atoms with van der Waals surface area (Å²) in [7, 11) is 3.56. The number of carbonyl (C=O) groups excluding carboxylic acids is 1. The van der Waals surface area contributed by atoms with Crippen molar-refractivity contribution in [2.45, 2.75) is 12.5 Å². The van der Waals surface area contributed by atoms with Crippen LogP contribution >= 0.6 is 0 Å². The van der Waals surface area contributed by atoms with Gasteiger partial charge >= 0.3 is 0 Å². The number of rotatable bonds is 6. The van der Waals surface area contributed by atoms with Gasteiger partial charge in [-0.05, 0) is 18.6 Å². The topological polar surface area (TPSA) is 81.6 Å². The molecule has 1 amide bonds. The highest BCUT2D eigenvalue weighted by Gasteiger charge is 2.10. The van der Waals surface area contributed by atoms with Crippen LogP contribution in [-0.4, -0.2) is 32.7 Å². The van der Waals surface area contributed by atoms with Crippen LogP contribution in [0.4, 0.5) is 5.69 Å². The van der Waals surface area contributed by atoms with Gasteiger partial charge in [0.25, 0.3) is 0 Å². The number of hydrogen-bond donors (Lipinski definition) is 2. The molecule has 4 N–H and O–H groups in total. The van der Waals surface area contributed by atoms with Crippen LogP contribution in [0, 0.1) is 0 Å². The molecule has 5 nitrogen and oxygen atoms in total. The molecule has 0 aromatic heterocycles. The molecular formula is C12H19N3O2. The minimum absolute atomic E-state index is 0.468. The fourth-order valence-electron chi connectivity index (χ4n) is 1.45. The number of nitrogens with zero attached hydrogens (tertiary/aromatic N) is 1. The largest absolute Gasteiger partial charge is 0.497 e. The molecule has 0 aliphatic rings. The zero-order valence-electron chi connectivity index (χ0n) is 10.2. The molecule has 5 heteroatoms. The number of benzene rings is 1. The zero-order chi connectivity index (χ0) is 12.8. The molecule has 0 bridgehead atoms. The van der Waals surface area contributed by atoms with Gasteiger partial charge in [0.2, 0.25) is 5.91 Å². The number of methoxy groups -OCH3 is 1. The molecule has 0 spiro atoms. The van der Waals surface area contributed by atoms with E-state index in [0.29, 0.717) is 13.0 Å². The summed E-state index contributed by atoms with van der Waals surface area (Å²) < 4.78 is 5.14. The standard InChI is InChI=1S/C12H19N3O2/c1-15(7-6-11(13)12(14)16)9-4-3-5-10(8-9)17-2/h3-5,8,11H,6-7,13H2,1-2H3,(H2,14,16). The summed E-state index contributed by atoms with van der Waals surface area (Å²) in [6, 6.07) is 7.10. The lowest BCUT2D eigenvalue weighted by molar-refractivity contribution is -0.119. The lowest BCUT2D eigenvalue weighted by Crippen LogP contribution is -2.39. The highest BCUT2D eigenvalue weighted by atomic mass is 16.5. The molecule has 0 radical (unpaired) electrons. The molecule has 0 fully saturated rings. The minimum Gasteiger partial charge on any atom is -0.497 e. The molecule has 94 valence electrons. The Bertz CT molecular complexity index is 382. The van der Waals surface area contributed by atoms with Crippen LogP contribution in [0.25, 0.3) is 0 Å². The van der Waals surface area contributed by atoms with E-state index >= 15 is 0 Å². The maximum absolute atomic E-state index is 10.8. The fourth-order valence-corrected chi connectivity index (χ4v) is 1.45. The van der Waals surface area contributed by atoms with Gasteiger partial charge in [-0.25, -0.2) is 0 Å². The van der Waals surface area contributed by atoms with Crippen molar-refractivity contribution in [3.05, 3.63) is 24.3 Å². The van der Waals surface area contributed by atoms with E-state index < -0.39 is 11.9 Å². The van der Waals surface area contributed by atoms with Crippen LogP contribution in [0.5, 0.6) is 5.75 Å². The average Bonchev–Trinajstić information content (AvgIpc) is 2.35. The van der Waals surface area contributed by atoms with Gasteiger partial charge < -0.3 is 21.1 Å². The Kier molecular flexibility index (Phi) is 4.78. The minimum atomic E-state index is -0.594. The number of anilines is 1. The summed E-state index contributed by atoms with van der Waals surface area (Å²) in [5.74, 6) is 0.331. The maximum Gasteiger partial charge on any atom is 0.234 e. The molecule has 17 heavy (non-hydrogen) atoms. The van der Waals surface area contributed by atoms with Crippen LogP contribution in [-0.2, 0) is 4.79 Å². The number of amides is 1. The van der Waals surface area contributed by atoms with Gasteiger partial charge in [-0.2, -0.15) is 0 Å². The first kappa shape index (κ1) is 13.3. The average molecular weight is 237 g/mol. The highest BCUT2D eigenvalue weighted by Crippen LogP contribution is 2.19. The Balaban J connectivity index is 2.57. The van der Waals surface area contributed by atoms with Crippen molar-refractivity contribution < 1.29 is 9.53 Å². The van der Waals surface area contributed by atoms with Crippen molar-refractivity contribution in [2.24, 2.45) is 11.5 Å². The summed E-state index contributed by atoms with van der Waals surface area (Å²) >= 11 is 0. The van der Waals surface area contributed by atoms with E-state index in [9.17, 15) is 4.79 Å². The number of carbonyl (C=O) groups is 1. The normalized spacial score (nSPS) is 11.9. The lowest BCUT2D eigenvalue weighted by atomic mass is 10.2. The third-order valence-electron chi connectivity index (χ3n) is 2.64. The van der Waals surface area contributed by atoms with Crippen molar-refractivity contribution in [3.63, 3.8) is 0 Å². The number of nitrogens with two attached hydrogens (primary N) is 2. The second kappa shape index (κ2) is 6.10. The molecule has 0 aliphatic heterocycles. The molecule has 0 heterocycles. The molecule has 0 saturated carbocycles. The predicted octanol–water partition coefficient (Wildman–Crippen LogP) is 0.334. The number of ether oxygens (including phenoxy) is 1. The van der Waals surface area contributed by atoms with Gasteiger partial charge in [0, 0.05) is 25.3 Å². The van der Waals surface area contributed by atoms with E-state index in [2.05, 4.69) is 0 Å². The first-order chi connectivity index (χ1) is 8.04. The molecule has 1 rings (SSSR count). The van der Waals surface area contributed by atoms with Crippen molar-refractivity contribution in [1.29, 1.82) is 0 Å². The molecule has 1 atom stereocenters. The van der Waals surface area contributed by atoms with Gasteiger partial charge in [-0.15, -0.1) is 0 Å². The maximum atomic E-state index is 10.8. The smallest absolute Gasteiger partial charge is 0.234 e. The van der Waals surface area contributed by atoms with Gasteiger partial charge in [0.15, 0.2) is 0 Å². The van der Waals surface area contributed by atoms with Crippen molar-refractivity contribution in [2.75, 3.05) is 25.6 Å². The summed E-state index contributed by atoms with van der Waals surface area (Å²) in [6.07, 6.45) is 0.531. The Morgan fingerprint density at radius 1 is 1.53 bits per heavy atom. The van der Waals surface area contributed by atoms with E-state index in [-0.39, 0.29) is 0 Å². The molecule has 1 aromatic carbocycles. The molecule has 1 aromatic rings. The van der Waals surface area contributed by atoms with E-state index in [1.165, 1.54) is 0 Å². The highest BCUT2D eigenvalue weighted by molar-refractivity contribution is 5.79. The Morgan fingerprint density at radius 3 is 2.82 bits per heavy atom. The summed E-state index contributed by atoms with van der Waals surface area (Å²) in [5, 5.41) is 0. The van der Waals surface area contributed by atoms with E-state index in [0.717, 1.165) is 11.4 Å². The Morgan fingerprint density at radius 2 is 2.24 bits per heavy atom. The molecule has 1 unspecified atom stereocenters. The van der Waals surface area contributed by atoms with Crippen LogP contribution in [0.15, 0.2) is 24.3 Å². The SMILES string of the molecule is COc1cccc(N(C)CCC(N)C(N)=O)c1. The van der Waals surface area contributed by atoms with E-state index in [1.807, 2.05) is 36.2 Å². The second-order valence-corrected chi connectivity index (χ2v) is 3.92. The van der Waals surface area contributed by atoms with Crippen molar-refractivity contribution in [1.82, 2.24) is 0 Å². The van der Waals surface area contributed by atoms with Gasteiger partial charge in [-0.3, -0.25) is 4.79 Å². The quantitative estimate of drug-likeness (QED) is 0.747. The summed E-state index contributed by atoms with van der Waals surface area (Å²) in [6.45, 7) is 0.664. The van der Waals surface area contributed by atoms with Crippen LogP contribution in [0.1, 0.15) is 6.42 Å². The predicted molar refractivity (Wildman–Crippen MR) is 68.1 cm³/mol. The Labute approximate surface area is 101 Å². The Hall–Kier alpha value is -1.75. The summed E-state index contributed by atoms with van der Waals surface area (Å²) in [5.41, 5.74) is 11.7. The van der Waals surface area contributed by atoms with Crippen molar-refractivity contribution in [3.8, 4) is 5.75 Å². The van der Waals surface area contributed by atoms with Gasteiger partial charge in [0.05, 0.1) is 13.2 Å². The van der Waals surface area contributed by atoms with Crippen molar-refractivity contribution >= 4 is 11.6 Å². The number of primary amides is 1. The monoisotopic (exact) mass is 237 g/mol. The third kappa shape index (κ3) is 3.96. The molecule has 0 saturated heterocycles. The van der Waals surface area contributed by atoms with Crippen LogP contribution < -0.4 is 21.1 Å². The molecule has 0 aliphatic carbocycles. The zero-order valence-corrected chi connectivity index (χ0v) is 10.2. The lowest BCUT2D eigenvalue weighted by Gasteiger charge is -2.21. The van der Waals surface area contributed by atoms with E-state index in [4.69, 9.17) is 16.2 Å². The second-order valence-electron chi connectivity index (χ2n) is 3.92. The summed E-state index contributed by atoms with van der Waals surface area (Å²) in [4.78, 5) is 12.8. The molecular weight excluding hydrogens is 218 g/mol. The van der Waals surface area contributed by atoms with Crippen LogP contribution in [0.2, 0.25) is 0 Å². The first-order valence-electron chi connectivity index (χ1n) is 5.44. The first-order valence-corrected chi connectivity index (χ1v) is 5.44. The van der Waals surface area contributed by atoms with Crippen LogP contribution in [0.3, 0.4) is 0 Å². The van der Waals surface area contributed by atoms with E-state index in [1.54, 1.807) is 7.11 Å². The third-order valence-corrected chi connectivity index (χ3v) is 2.64. The fraction of sp³-hybridized carbons (Fsp3) is 0.417. The van der Waals surface area contributed by atoms with Gasteiger partial charge in [0.1, 0.15) is 5.75 Å².